The Balaban J connectivity index is 2.44. The van der Waals surface area contributed by atoms with Crippen molar-refractivity contribution in [2.45, 2.75) is 13.0 Å². The van der Waals surface area contributed by atoms with Gasteiger partial charge in [0.15, 0.2) is 0 Å². The van der Waals surface area contributed by atoms with Crippen molar-refractivity contribution in [1.82, 2.24) is 15.3 Å². The number of nitrogens with zero attached hydrogens (tertiary/aromatic N) is 2. The molecule has 0 amide bonds. The maximum atomic E-state index is 14.1. The first-order valence-electron chi connectivity index (χ1n) is 6.20. The number of aromatic nitrogens is 2. The van der Waals surface area contributed by atoms with Crippen molar-refractivity contribution in [3.05, 3.63) is 52.7 Å². The zero-order valence-electron chi connectivity index (χ0n) is 11.2. The van der Waals surface area contributed by atoms with E-state index in [0.29, 0.717) is 28.7 Å². The summed E-state index contributed by atoms with van der Waals surface area (Å²) in [6.45, 7) is 2.61. The molecular weight excluding hydrogens is 281 g/mol. The molecule has 2 rings (SSSR count). The Hall–Kier alpha value is -1.72. The zero-order valence-corrected chi connectivity index (χ0v) is 12.0. The molecule has 4 nitrogen and oxygen atoms in total. The molecule has 20 heavy (non-hydrogen) atoms. The average molecular weight is 296 g/mol. The maximum Gasteiger partial charge on any atom is 0.216 e. The smallest absolute Gasteiger partial charge is 0.216 e. The number of halogens is 2. The van der Waals surface area contributed by atoms with Gasteiger partial charge >= 0.3 is 0 Å². The van der Waals surface area contributed by atoms with E-state index in [4.69, 9.17) is 16.3 Å². The van der Waals surface area contributed by atoms with Crippen LogP contribution in [0.1, 0.15) is 24.2 Å². The van der Waals surface area contributed by atoms with Crippen molar-refractivity contribution in [2.75, 3.05) is 13.7 Å². The number of hydrogen-bond acceptors (Lipinski definition) is 4. The number of hydrogen-bond donors (Lipinski definition) is 1. The summed E-state index contributed by atoms with van der Waals surface area (Å²) in [5.74, 6) is 0.0632. The highest BCUT2D eigenvalue weighted by Crippen LogP contribution is 2.26. The van der Waals surface area contributed by atoms with Crippen molar-refractivity contribution in [2.24, 2.45) is 0 Å². The minimum atomic E-state index is -0.380. The molecule has 0 aliphatic heterocycles. The summed E-state index contributed by atoms with van der Waals surface area (Å²) in [5, 5.41) is 3.56. The number of nitrogens with one attached hydrogen (secondary N) is 1. The lowest BCUT2D eigenvalue weighted by Crippen LogP contribution is -2.24. The fraction of sp³-hybridized carbons (Fsp3) is 0.286. The van der Waals surface area contributed by atoms with Crippen LogP contribution < -0.4 is 10.1 Å². The van der Waals surface area contributed by atoms with Crippen LogP contribution >= 0.6 is 11.6 Å². The molecule has 1 N–H and O–H groups in total. The molecule has 2 aromatic rings. The van der Waals surface area contributed by atoms with E-state index in [1.54, 1.807) is 18.2 Å². The van der Waals surface area contributed by atoms with Gasteiger partial charge in [-0.25, -0.2) is 14.4 Å². The van der Waals surface area contributed by atoms with Crippen LogP contribution in [0.3, 0.4) is 0 Å². The fourth-order valence-electron chi connectivity index (χ4n) is 1.94. The highest BCUT2D eigenvalue weighted by molar-refractivity contribution is 6.30. The van der Waals surface area contributed by atoms with Crippen LogP contribution in [0.5, 0.6) is 5.88 Å². The minimum Gasteiger partial charge on any atom is -0.481 e. The standard InChI is InChI=1S/C14H15ClFN3O/c1-3-17-14(10-5-4-9(15)6-11(10)16)12-7-13(20-2)19-8-18-12/h4-8,14,17H,3H2,1-2H3. The van der Waals surface area contributed by atoms with E-state index in [0.717, 1.165) is 0 Å². The van der Waals surface area contributed by atoms with E-state index < -0.39 is 0 Å². The first kappa shape index (κ1) is 14.7. The molecule has 0 aliphatic carbocycles. The average Bonchev–Trinajstić information content (AvgIpc) is 2.45. The van der Waals surface area contributed by atoms with Crippen LogP contribution in [0.25, 0.3) is 0 Å². The van der Waals surface area contributed by atoms with Gasteiger partial charge in [0.2, 0.25) is 5.88 Å². The third-order valence-corrected chi connectivity index (χ3v) is 3.08. The van der Waals surface area contributed by atoms with Gasteiger partial charge in [0.05, 0.1) is 18.8 Å². The van der Waals surface area contributed by atoms with Gasteiger partial charge in [0.1, 0.15) is 12.1 Å². The largest absolute Gasteiger partial charge is 0.481 e. The second kappa shape index (κ2) is 6.63. The lowest BCUT2D eigenvalue weighted by atomic mass is 10.0. The van der Waals surface area contributed by atoms with Crippen molar-refractivity contribution in [1.29, 1.82) is 0 Å². The van der Waals surface area contributed by atoms with Gasteiger partial charge in [-0.05, 0) is 18.7 Å². The summed E-state index contributed by atoms with van der Waals surface area (Å²) >= 11 is 5.79. The van der Waals surface area contributed by atoms with Crippen LogP contribution in [0, 0.1) is 5.82 Å². The molecule has 0 bridgehead atoms. The van der Waals surface area contributed by atoms with Gasteiger partial charge in [-0.1, -0.05) is 24.6 Å². The Morgan fingerprint density at radius 1 is 1.35 bits per heavy atom. The summed E-state index contributed by atoms with van der Waals surface area (Å²) in [4.78, 5) is 8.15. The number of benzene rings is 1. The van der Waals surface area contributed by atoms with E-state index >= 15 is 0 Å². The molecule has 106 valence electrons. The van der Waals surface area contributed by atoms with Crippen LogP contribution in [0.15, 0.2) is 30.6 Å². The van der Waals surface area contributed by atoms with Crippen LogP contribution in [0.2, 0.25) is 5.02 Å². The summed E-state index contributed by atoms with van der Waals surface area (Å²) in [5.41, 5.74) is 1.12. The summed E-state index contributed by atoms with van der Waals surface area (Å²) in [6, 6.07) is 5.90. The Morgan fingerprint density at radius 2 is 2.15 bits per heavy atom. The van der Waals surface area contributed by atoms with Gasteiger partial charge in [-0.2, -0.15) is 0 Å². The molecule has 0 fully saturated rings. The monoisotopic (exact) mass is 295 g/mol. The highest BCUT2D eigenvalue weighted by Gasteiger charge is 2.19. The van der Waals surface area contributed by atoms with Gasteiger partial charge in [0.25, 0.3) is 0 Å². The van der Waals surface area contributed by atoms with Gasteiger partial charge in [-0.15, -0.1) is 0 Å². The van der Waals surface area contributed by atoms with Gasteiger partial charge < -0.3 is 10.1 Å². The number of methoxy groups -OCH3 is 1. The molecule has 1 aromatic heterocycles. The van der Waals surface area contributed by atoms with E-state index in [9.17, 15) is 4.39 Å². The summed E-state index contributed by atoms with van der Waals surface area (Å²) in [7, 11) is 1.53. The number of ether oxygens (including phenoxy) is 1. The highest BCUT2D eigenvalue weighted by atomic mass is 35.5. The molecule has 1 atom stereocenters. The lowest BCUT2D eigenvalue weighted by molar-refractivity contribution is 0.394. The molecule has 1 aromatic carbocycles. The second-order valence-corrected chi connectivity index (χ2v) is 4.58. The van der Waals surface area contributed by atoms with E-state index in [1.807, 2.05) is 6.92 Å². The molecule has 1 unspecified atom stereocenters. The van der Waals surface area contributed by atoms with Gasteiger partial charge in [0, 0.05) is 16.7 Å². The van der Waals surface area contributed by atoms with Crippen molar-refractivity contribution in [3.8, 4) is 5.88 Å². The first-order valence-corrected chi connectivity index (χ1v) is 6.57. The normalized spacial score (nSPS) is 12.2. The SMILES string of the molecule is CCNC(c1cc(OC)ncn1)c1ccc(Cl)cc1F. The molecule has 0 spiro atoms. The first-order chi connectivity index (χ1) is 9.65. The summed E-state index contributed by atoms with van der Waals surface area (Å²) < 4.78 is 19.2. The van der Waals surface area contributed by atoms with Crippen LogP contribution in [0.4, 0.5) is 4.39 Å². The number of rotatable bonds is 5. The van der Waals surface area contributed by atoms with Crippen molar-refractivity contribution in [3.63, 3.8) is 0 Å². The predicted molar refractivity (Wildman–Crippen MR) is 75.5 cm³/mol. The quantitative estimate of drug-likeness (QED) is 0.921. The third kappa shape index (κ3) is 3.23. The molecule has 0 saturated carbocycles. The van der Waals surface area contributed by atoms with E-state index in [-0.39, 0.29) is 11.9 Å². The van der Waals surface area contributed by atoms with E-state index in [1.165, 1.54) is 19.5 Å². The second-order valence-electron chi connectivity index (χ2n) is 4.14. The van der Waals surface area contributed by atoms with Crippen molar-refractivity contribution < 1.29 is 9.13 Å². The van der Waals surface area contributed by atoms with Crippen LogP contribution in [-0.4, -0.2) is 23.6 Å². The molecule has 6 heteroatoms. The van der Waals surface area contributed by atoms with Gasteiger partial charge in [-0.3, -0.25) is 0 Å². The van der Waals surface area contributed by atoms with Crippen molar-refractivity contribution >= 4 is 11.6 Å². The Bertz CT molecular complexity index is 594. The molecule has 0 aliphatic rings. The predicted octanol–water partition coefficient (Wildman–Crippen LogP) is 2.98. The zero-order chi connectivity index (χ0) is 14.5. The van der Waals surface area contributed by atoms with E-state index in [2.05, 4.69) is 15.3 Å². The Morgan fingerprint density at radius 3 is 2.80 bits per heavy atom. The maximum absolute atomic E-state index is 14.1. The fourth-order valence-corrected chi connectivity index (χ4v) is 2.10. The topological polar surface area (TPSA) is 47.0 Å². The summed E-state index contributed by atoms with van der Waals surface area (Å²) in [6.07, 6.45) is 1.40. The third-order valence-electron chi connectivity index (χ3n) is 2.85. The molecule has 0 saturated heterocycles. The lowest BCUT2D eigenvalue weighted by Gasteiger charge is -2.18. The Labute approximate surface area is 122 Å². The molecule has 0 radical (unpaired) electrons. The minimum absolute atomic E-state index is 0.363. The molecular formula is C14H15ClFN3O. The van der Waals surface area contributed by atoms with Crippen LogP contribution in [-0.2, 0) is 0 Å². The molecule has 1 heterocycles. The Kier molecular flexibility index (Phi) is 4.87.